The van der Waals surface area contributed by atoms with E-state index < -0.39 is 22.1 Å². The number of benzene rings is 1. The maximum Gasteiger partial charge on any atom is 0.331 e. The van der Waals surface area contributed by atoms with E-state index in [1.54, 1.807) is 32.9 Å². The third-order valence-corrected chi connectivity index (χ3v) is 7.06. The molecule has 1 N–H and O–H groups in total. The Morgan fingerprint density at radius 3 is 2.31 bits per heavy atom. The molecule has 160 valence electrons. The Hall–Kier alpha value is -2.19. The molecular weight excluding hydrogens is 392 g/mol. The molecule has 29 heavy (non-hydrogen) atoms. The summed E-state index contributed by atoms with van der Waals surface area (Å²) in [6, 6.07) is 6.43. The van der Waals surface area contributed by atoms with Gasteiger partial charge in [-0.1, -0.05) is 38.8 Å². The highest BCUT2D eigenvalue weighted by molar-refractivity contribution is 7.89. The van der Waals surface area contributed by atoms with E-state index in [1.165, 1.54) is 28.6 Å². The Balaban J connectivity index is 1.91. The minimum absolute atomic E-state index is 0.172. The van der Waals surface area contributed by atoms with Crippen molar-refractivity contribution in [2.45, 2.75) is 63.5 Å². The second-order valence-corrected chi connectivity index (χ2v) is 9.00. The lowest BCUT2D eigenvalue weighted by Gasteiger charge is -2.18. The van der Waals surface area contributed by atoms with Gasteiger partial charge in [0.05, 0.1) is 4.90 Å². The number of hydrogen-bond acceptors (Lipinski definition) is 5. The zero-order chi connectivity index (χ0) is 21.4. The van der Waals surface area contributed by atoms with E-state index in [0.717, 1.165) is 25.7 Å². The molecule has 1 aliphatic carbocycles. The van der Waals surface area contributed by atoms with Gasteiger partial charge in [0.2, 0.25) is 10.0 Å². The van der Waals surface area contributed by atoms with Gasteiger partial charge in [-0.15, -0.1) is 0 Å². The van der Waals surface area contributed by atoms with Crippen LogP contribution < -0.4 is 5.32 Å². The van der Waals surface area contributed by atoms with Crippen LogP contribution in [0, 0.1) is 0 Å². The molecule has 1 amide bonds. The Morgan fingerprint density at radius 1 is 1.17 bits per heavy atom. The van der Waals surface area contributed by atoms with Crippen LogP contribution in [0.1, 0.15) is 52.0 Å². The van der Waals surface area contributed by atoms with E-state index in [1.807, 2.05) is 0 Å². The first kappa shape index (κ1) is 23.1. The fraction of sp³-hybridized carbons (Fsp3) is 0.524. The van der Waals surface area contributed by atoms with Gasteiger partial charge in [-0.2, -0.15) is 4.31 Å². The fourth-order valence-electron chi connectivity index (χ4n) is 3.28. The second kappa shape index (κ2) is 10.5. The summed E-state index contributed by atoms with van der Waals surface area (Å²) in [6.07, 6.45) is 6.03. The van der Waals surface area contributed by atoms with Crippen molar-refractivity contribution in [2.75, 3.05) is 13.1 Å². The van der Waals surface area contributed by atoms with Gasteiger partial charge in [-0.3, -0.25) is 4.79 Å². The minimum Gasteiger partial charge on any atom is -0.449 e. The standard InChI is InChI=1S/C21H30N2O5S/c1-4-23(5-2)29(26,27)19-13-10-17(11-14-19)12-15-20(24)28-16(3)21(25)22-18-8-6-7-9-18/h10-16,18H,4-9H2,1-3H3,(H,22,25)/b15-12+/t16-/m1/s1. The highest BCUT2D eigenvalue weighted by Crippen LogP contribution is 2.18. The predicted molar refractivity (Wildman–Crippen MR) is 112 cm³/mol. The maximum atomic E-state index is 12.5. The number of carbonyl (C=O) groups excluding carboxylic acids is 2. The van der Waals surface area contributed by atoms with Gasteiger partial charge in [0.1, 0.15) is 0 Å². The van der Waals surface area contributed by atoms with Crippen LogP contribution in [0.3, 0.4) is 0 Å². The largest absolute Gasteiger partial charge is 0.449 e. The maximum absolute atomic E-state index is 12.5. The minimum atomic E-state index is -3.51. The Labute approximate surface area is 173 Å². The number of rotatable bonds is 9. The van der Waals surface area contributed by atoms with Crippen LogP contribution >= 0.6 is 0 Å². The van der Waals surface area contributed by atoms with Crippen molar-refractivity contribution in [1.29, 1.82) is 0 Å². The molecule has 0 aliphatic heterocycles. The molecule has 2 rings (SSSR count). The van der Waals surface area contributed by atoms with Crippen LogP contribution in [0.15, 0.2) is 35.2 Å². The van der Waals surface area contributed by atoms with Gasteiger partial charge in [-0.05, 0) is 43.5 Å². The monoisotopic (exact) mass is 422 g/mol. The Bertz CT molecular complexity index is 823. The summed E-state index contributed by atoms with van der Waals surface area (Å²) >= 11 is 0. The number of sulfonamides is 1. The van der Waals surface area contributed by atoms with E-state index >= 15 is 0 Å². The molecule has 0 bridgehead atoms. The van der Waals surface area contributed by atoms with Crippen molar-refractivity contribution >= 4 is 28.0 Å². The van der Waals surface area contributed by atoms with Crippen LogP contribution in [-0.4, -0.2) is 49.8 Å². The molecule has 1 atom stereocenters. The van der Waals surface area contributed by atoms with E-state index in [9.17, 15) is 18.0 Å². The van der Waals surface area contributed by atoms with Gasteiger partial charge in [0.25, 0.3) is 5.91 Å². The topological polar surface area (TPSA) is 92.8 Å². The quantitative estimate of drug-likeness (QED) is 0.488. The lowest BCUT2D eigenvalue weighted by molar-refractivity contribution is -0.150. The summed E-state index contributed by atoms with van der Waals surface area (Å²) < 4.78 is 31.5. The molecule has 0 saturated heterocycles. The second-order valence-electron chi connectivity index (χ2n) is 7.06. The molecule has 0 aromatic heterocycles. The number of amides is 1. The van der Waals surface area contributed by atoms with Gasteiger partial charge in [-0.25, -0.2) is 13.2 Å². The predicted octanol–water partition coefficient (Wildman–Crippen LogP) is 2.72. The highest BCUT2D eigenvalue weighted by Gasteiger charge is 2.23. The first-order chi connectivity index (χ1) is 13.8. The number of nitrogens with one attached hydrogen (secondary N) is 1. The van der Waals surface area contributed by atoms with Crippen LogP contribution in [0.25, 0.3) is 6.08 Å². The number of carbonyl (C=O) groups is 2. The zero-order valence-corrected chi connectivity index (χ0v) is 18.1. The highest BCUT2D eigenvalue weighted by atomic mass is 32.2. The van der Waals surface area contributed by atoms with Crippen molar-refractivity contribution in [1.82, 2.24) is 9.62 Å². The average molecular weight is 423 g/mol. The van der Waals surface area contributed by atoms with Gasteiger partial charge < -0.3 is 10.1 Å². The summed E-state index contributed by atoms with van der Waals surface area (Å²) in [4.78, 5) is 24.2. The SMILES string of the molecule is CCN(CC)S(=O)(=O)c1ccc(/C=C/C(=O)O[C@H](C)C(=O)NC2CCCC2)cc1. The zero-order valence-electron chi connectivity index (χ0n) is 17.3. The van der Waals surface area contributed by atoms with E-state index in [0.29, 0.717) is 18.7 Å². The first-order valence-corrected chi connectivity index (χ1v) is 11.5. The Kier molecular flexibility index (Phi) is 8.40. The first-order valence-electron chi connectivity index (χ1n) is 10.1. The molecule has 0 unspecified atom stereocenters. The lowest BCUT2D eigenvalue weighted by Crippen LogP contribution is -2.40. The molecule has 0 spiro atoms. The smallest absolute Gasteiger partial charge is 0.331 e. The normalized spacial score (nSPS) is 16.3. The molecule has 1 aromatic carbocycles. The van der Waals surface area contributed by atoms with Gasteiger partial charge in [0.15, 0.2) is 6.10 Å². The summed E-state index contributed by atoms with van der Waals surface area (Å²) in [5.41, 5.74) is 0.656. The van der Waals surface area contributed by atoms with Crippen LogP contribution in [0.4, 0.5) is 0 Å². The molecule has 7 nitrogen and oxygen atoms in total. The van der Waals surface area contributed by atoms with E-state index in [4.69, 9.17) is 4.74 Å². The number of esters is 1. The summed E-state index contributed by atoms with van der Waals surface area (Å²) in [6.45, 7) is 5.93. The van der Waals surface area contributed by atoms with Crippen LogP contribution in [0.5, 0.6) is 0 Å². The molecule has 1 aliphatic rings. The van der Waals surface area contributed by atoms with Gasteiger partial charge >= 0.3 is 5.97 Å². The summed E-state index contributed by atoms with van der Waals surface area (Å²) in [7, 11) is -3.51. The van der Waals surface area contributed by atoms with Crippen molar-refractivity contribution < 1.29 is 22.7 Å². The molecule has 0 heterocycles. The summed E-state index contributed by atoms with van der Waals surface area (Å²) in [5, 5.41) is 2.90. The third kappa shape index (κ3) is 6.40. The molecule has 1 fully saturated rings. The molecule has 1 aromatic rings. The number of hydrogen-bond donors (Lipinski definition) is 1. The third-order valence-electron chi connectivity index (χ3n) is 5.00. The molecule has 8 heteroatoms. The average Bonchev–Trinajstić information content (AvgIpc) is 3.20. The number of ether oxygens (including phenoxy) is 1. The molecular formula is C21H30N2O5S. The van der Waals surface area contributed by atoms with Crippen LogP contribution in [0.2, 0.25) is 0 Å². The van der Waals surface area contributed by atoms with E-state index in [2.05, 4.69) is 5.32 Å². The van der Waals surface area contributed by atoms with Crippen molar-refractivity contribution in [3.05, 3.63) is 35.9 Å². The molecule has 1 saturated carbocycles. The Morgan fingerprint density at radius 2 is 1.76 bits per heavy atom. The van der Waals surface area contributed by atoms with Crippen molar-refractivity contribution in [3.8, 4) is 0 Å². The van der Waals surface area contributed by atoms with E-state index in [-0.39, 0.29) is 16.8 Å². The fourth-order valence-corrected chi connectivity index (χ4v) is 4.74. The number of nitrogens with zero attached hydrogens (tertiary/aromatic N) is 1. The summed E-state index contributed by atoms with van der Waals surface area (Å²) in [5.74, 6) is -0.913. The lowest BCUT2D eigenvalue weighted by atomic mass is 10.2. The molecule has 0 radical (unpaired) electrons. The van der Waals surface area contributed by atoms with Gasteiger partial charge in [0, 0.05) is 25.2 Å². The van der Waals surface area contributed by atoms with Crippen molar-refractivity contribution in [3.63, 3.8) is 0 Å². The van der Waals surface area contributed by atoms with Crippen molar-refractivity contribution in [2.24, 2.45) is 0 Å². The van der Waals surface area contributed by atoms with Crippen LogP contribution in [-0.2, 0) is 24.3 Å².